The molecule has 3 rings (SSSR count). The van der Waals surface area contributed by atoms with E-state index in [-0.39, 0.29) is 17.0 Å². The summed E-state index contributed by atoms with van der Waals surface area (Å²) in [5, 5.41) is 1.24. The summed E-state index contributed by atoms with van der Waals surface area (Å²) < 4.78 is 24.7. The van der Waals surface area contributed by atoms with Crippen molar-refractivity contribution in [1.82, 2.24) is 0 Å². The maximum atomic E-state index is 13.2. The third-order valence-electron chi connectivity index (χ3n) is 3.39. The van der Waals surface area contributed by atoms with Crippen LogP contribution in [0, 0.1) is 5.82 Å². The second kappa shape index (κ2) is 6.96. The van der Waals surface area contributed by atoms with Crippen LogP contribution in [0.4, 0.5) is 4.39 Å². The molecule has 1 heterocycles. The van der Waals surface area contributed by atoms with E-state index in [9.17, 15) is 9.18 Å². The van der Waals surface area contributed by atoms with Crippen LogP contribution in [0.15, 0.2) is 57.7 Å². The van der Waals surface area contributed by atoms with E-state index in [0.29, 0.717) is 28.9 Å². The number of para-hydroxylation sites is 1. The van der Waals surface area contributed by atoms with Crippen LogP contribution in [0.5, 0.6) is 5.75 Å². The minimum absolute atomic E-state index is 0.163. The largest absolute Gasteiger partial charge is 0.486 e. The van der Waals surface area contributed by atoms with Crippen molar-refractivity contribution in [1.29, 1.82) is 0 Å². The number of hydrogen-bond donors (Lipinski definition) is 0. The second-order valence-corrected chi connectivity index (χ2v) is 5.78. The Morgan fingerprint density at radius 2 is 1.83 bits per heavy atom. The monoisotopic (exact) mass is 376 g/mol. The average Bonchev–Trinajstić information content (AvgIpc) is 2.58. The van der Waals surface area contributed by atoms with Crippen LogP contribution < -0.4 is 10.2 Å². The van der Waals surface area contributed by atoms with Gasteiger partial charge in [-0.3, -0.25) is 4.79 Å². The Bertz CT molecular complexity index is 872. The van der Waals surface area contributed by atoms with Gasteiger partial charge in [-0.15, -0.1) is 0 Å². The summed E-state index contributed by atoms with van der Waals surface area (Å²) in [5.74, 6) is 0.137. The van der Waals surface area contributed by atoms with E-state index >= 15 is 0 Å². The molecule has 0 spiro atoms. The van der Waals surface area contributed by atoms with E-state index in [1.54, 1.807) is 36.4 Å². The Labute approximate surface area is 140 Å². The Morgan fingerprint density at radius 1 is 1.09 bits per heavy atom. The van der Waals surface area contributed by atoms with Crippen molar-refractivity contribution in [3.8, 4) is 17.1 Å². The summed E-state index contributed by atoms with van der Waals surface area (Å²) in [6.07, 6.45) is 0.759. The molecule has 0 bridgehead atoms. The van der Waals surface area contributed by atoms with Crippen LogP contribution in [-0.2, 0) is 0 Å². The average molecular weight is 377 g/mol. The van der Waals surface area contributed by atoms with Crippen LogP contribution in [0.3, 0.4) is 0 Å². The Kier molecular flexibility index (Phi) is 4.76. The smallest absolute Gasteiger partial charge is 0.235 e. The Hall–Kier alpha value is -2.14. The van der Waals surface area contributed by atoms with E-state index in [1.807, 2.05) is 0 Å². The summed E-state index contributed by atoms with van der Waals surface area (Å²) in [4.78, 5) is 12.7. The van der Waals surface area contributed by atoms with Crippen LogP contribution in [-0.4, -0.2) is 11.9 Å². The molecular formula is C18H14BrFO3. The first-order valence-electron chi connectivity index (χ1n) is 7.21. The fraction of sp³-hybridized carbons (Fsp3) is 0.167. The van der Waals surface area contributed by atoms with Gasteiger partial charge in [-0.2, -0.15) is 0 Å². The van der Waals surface area contributed by atoms with E-state index < -0.39 is 0 Å². The summed E-state index contributed by atoms with van der Waals surface area (Å²) in [5.41, 5.74) is 0.855. The molecule has 3 nitrogen and oxygen atoms in total. The zero-order chi connectivity index (χ0) is 16.2. The van der Waals surface area contributed by atoms with Crippen molar-refractivity contribution >= 4 is 26.9 Å². The number of halogens is 2. The van der Waals surface area contributed by atoms with Gasteiger partial charge in [0.15, 0.2) is 5.76 Å². The van der Waals surface area contributed by atoms with Crippen molar-refractivity contribution < 1.29 is 13.5 Å². The van der Waals surface area contributed by atoms with Gasteiger partial charge in [0.25, 0.3) is 0 Å². The normalized spacial score (nSPS) is 10.9. The lowest BCUT2D eigenvalue weighted by molar-refractivity contribution is 0.310. The fourth-order valence-electron chi connectivity index (χ4n) is 2.28. The van der Waals surface area contributed by atoms with E-state index in [0.717, 1.165) is 11.8 Å². The molecule has 2 aromatic carbocycles. The molecule has 0 N–H and O–H groups in total. The molecule has 0 saturated carbocycles. The van der Waals surface area contributed by atoms with Gasteiger partial charge >= 0.3 is 0 Å². The number of hydrogen-bond acceptors (Lipinski definition) is 3. The maximum Gasteiger partial charge on any atom is 0.235 e. The molecule has 0 aliphatic carbocycles. The number of rotatable bonds is 5. The van der Waals surface area contributed by atoms with Crippen LogP contribution in [0.1, 0.15) is 6.42 Å². The molecule has 0 aliphatic heterocycles. The Morgan fingerprint density at radius 3 is 2.57 bits per heavy atom. The Balaban J connectivity index is 2.18. The van der Waals surface area contributed by atoms with E-state index in [2.05, 4.69) is 15.9 Å². The number of benzene rings is 2. The molecule has 0 amide bonds. The highest BCUT2D eigenvalue weighted by Crippen LogP contribution is 2.31. The highest BCUT2D eigenvalue weighted by atomic mass is 79.9. The fourth-order valence-corrected chi connectivity index (χ4v) is 2.51. The summed E-state index contributed by atoms with van der Waals surface area (Å²) >= 11 is 3.33. The molecule has 0 fully saturated rings. The van der Waals surface area contributed by atoms with Gasteiger partial charge in [-0.25, -0.2) is 4.39 Å². The minimum atomic E-state index is -0.348. The van der Waals surface area contributed by atoms with Gasteiger partial charge in [-0.1, -0.05) is 28.1 Å². The van der Waals surface area contributed by atoms with Crippen molar-refractivity contribution in [2.45, 2.75) is 6.42 Å². The highest BCUT2D eigenvalue weighted by Gasteiger charge is 2.17. The van der Waals surface area contributed by atoms with Crippen molar-refractivity contribution in [3.63, 3.8) is 0 Å². The third kappa shape index (κ3) is 3.29. The first kappa shape index (κ1) is 15.7. The van der Waals surface area contributed by atoms with Gasteiger partial charge < -0.3 is 9.15 Å². The molecule has 0 atom stereocenters. The molecule has 3 aromatic rings. The molecule has 0 saturated heterocycles. The van der Waals surface area contributed by atoms with Gasteiger partial charge in [-0.05, 0) is 42.8 Å². The third-order valence-corrected chi connectivity index (χ3v) is 3.95. The summed E-state index contributed by atoms with van der Waals surface area (Å²) in [6.45, 7) is 0.391. The van der Waals surface area contributed by atoms with Crippen LogP contribution >= 0.6 is 15.9 Å². The molecule has 0 aliphatic rings. The van der Waals surface area contributed by atoms with E-state index in [4.69, 9.17) is 9.15 Å². The molecular weight excluding hydrogens is 363 g/mol. The minimum Gasteiger partial charge on any atom is -0.486 e. The molecule has 0 unspecified atom stereocenters. The molecule has 0 radical (unpaired) electrons. The lowest BCUT2D eigenvalue weighted by atomic mass is 10.1. The van der Waals surface area contributed by atoms with E-state index in [1.165, 1.54) is 12.1 Å². The first-order chi connectivity index (χ1) is 11.2. The molecule has 118 valence electrons. The maximum absolute atomic E-state index is 13.2. The quantitative estimate of drug-likeness (QED) is 0.475. The van der Waals surface area contributed by atoms with Crippen molar-refractivity contribution in [2.75, 3.05) is 11.9 Å². The number of fused-ring (bicyclic) bond motifs is 1. The van der Waals surface area contributed by atoms with Crippen LogP contribution in [0.2, 0.25) is 0 Å². The van der Waals surface area contributed by atoms with Crippen molar-refractivity contribution in [2.24, 2.45) is 0 Å². The SMILES string of the molecule is O=c1c(OCCCBr)c(-c2ccc(F)cc2)oc2ccccc12. The summed E-state index contributed by atoms with van der Waals surface area (Å²) in [7, 11) is 0. The molecule has 5 heteroatoms. The van der Waals surface area contributed by atoms with Crippen LogP contribution in [0.25, 0.3) is 22.3 Å². The second-order valence-electron chi connectivity index (χ2n) is 4.98. The van der Waals surface area contributed by atoms with Gasteiger partial charge in [0.05, 0.1) is 12.0 Å². The lowest BCUT2D eigenvalue weighted by Crippen LogP contribution is -2.11. The zero-order valence-corrected chi connectivity index (χ0v) is 13.8. The molecule has 23 heavy (non-hydrogen) atoms. The van der Waals surface area contributed by atoms with Crippen molar-refractivity contribution in [3.05, 3.63) is 64.6 Å². The predicted molar refractivity (Wildman–Crippen MR) is 91.8 cm³/mol. The topological polar surface area (TPSA) is 39.4 Å². The highest BCUT2D eigenvalue weighted by molar-refractivity contribution is 9.09. The standard InChI is InChI=1S/C18H14BrFO3/c19-10-3-11-22-18-16(21)14-4-1-2-5-15(14)23-17(18)12-6-8-13(20)9-7-12/h1-2,4-9H,3,10-11H2. The first-order valence-corrected chi connectivity index (χ1v) is 8.33. The summed E-state index contributed by atoms with van der Waals surface area (Å²) in [6, 6.07) is 12.8. The zero-order valence-electron chi connectivity index (χ0n) is 12.2. The predicted octanol–water partition coefficient (Wildman–Crippen LogP) is 4.76. The number of ether oxygens (including phenoxy) is 1. The van der Waals surface area contributed by atoms with Gasteiger partial charge in [0, 0.05) is 10.9 Å². The van der Waals surface area contributed by atoms with Gasteiger partial charge in [0.1, 0.15) is 11.4 Å². The number of alkyl halides is 1. The lowest BCUT2D eigenvalue weighted by Gasteiger charge is -2.11. The molecule has 1 aromatic heterocycles. The van der Waals surface area contributed by atoms with Gasteiger partial charge in [0.2, 0.25) is 11.2 Å².